The third-order valence-electron chi connectivity index (χ3n) is 5.17. The number of pyridine rings is 1. The molecule has 0 radical (unpaired) electrons. The summed E-state index contributed by atoms with van der Waals surface area (Å²) in [6.07, 6.45) is 3.49. The van der Waals surface area contributed by atoms with Crippen molar-refractivity contribution in [3.8, 4) is 11.1 Å². The van der Waals surface area contributed by atoms with E-state index in [1.165, 1.54) is 12.8 Å². The van der Waals surface area contributed by atoms with Crippen LogP contribution in [0, 0.1) is 6.92 Å². The van der Waals surface area contributed by atoms with Gasteiger partial charge in [-0.2, -0.15) is 4.98 Å². The third-order valence-corrected chi connectivity index (χ3v) is 5.17. The Hall–Kier alpha value is -2.62. The van der Waals surface area contributed by atoms with Gasteiger partial charge in [-0.1, -0.05) is 31.2 Å². The number of rotatable bonds is 3. The number of anilines is 1. The molecular formula is C21H22N2O2. The average molecular weight is 334 g/mol. The Bertz CT molecular complexity index is 977. The van der Waals surface area contributed by atoms with Crippen LogP contribution in [-0.2, 0) is 0 Å². The Morgan fingerprint density at radius 1 is 1.20 bits per heavy atom. The first-order valence-electron chi connectivity index (χ1n) is 8.95. The minimum absolute atomic E-state index is 0.358. The van der Waals surface area contributed by atoms with Crippen molar-refractivity contribution in [3.05, 3.63) is 58.4 Å². The van der Waals surface area contributed by atoms with Crippen LogP contribution in [0.2, 0.25) is 0 Å². The molecule has 0 aliphatic carbocycles. The predicted molar refractivity (Wildman–Crippen MR) is 101 cm³/mol. The fourth-order valence-electron chi connectivity index (χ4n) is 3.85. The molecule has 0 saturated carbocycles. The Balaban J connectivity index is 1.87. The van der Waals surface area contributed by atoms with Crippen LogP contribution in [0.15, 0.2) is 51.7 Å². The van der Waals surface area contributed by atoms with E-state index >= 15 is 0 Å². The average Bonchev–Trinajstić information content (AvgIpc) is 3.09. The number of hydrogen-bond donors (Lipinski definition) is 0. The van der Waals surface area contributed by atoms with Crippen molar-refractivity contribution in [1.29, 1.82) is 0 Å². The van der Waals surface area contributed by atoms with E-state index in [4.69, 9.17) is 9.40 Å². The number of nitrogens with zero attached hydrogens (tertiary/aromatic N) is 2. The van der Waals surface area contributed by atoms with Crippen LogP contribution in [0.5, 0.6) is 0 Å². The van der Waals surface area contributed by atoms with Gasteiger partial charge < -0.3 is 9.32 Å². The lowest BCUT2D eigenvalue weighted by Crippen LogP contribution is -2.29. The maximum absolute atomic E-state index is 12.1. The Morgan fingerprint density at radius 2 is 2.04 bits per heavy atom. The molecule has 4 rings (SSSR count). The summed E-state index contributed by atoms with van der Waals surface area (Å²) in [7, 11) is 0. The van der Waals surface area contributed by atoms with Gasteiger partial charge in [-0.05, 0) is 49.4 Å². The van der Waals surface area contributed by atoms with Gasteiger partial charge in [-0.15, -0.1) is 0 Å². The molecule has 1 aromatic carbocycles. The smallest absolute Gasteiger partial charge is 0.338 e. The lowest BCUT2D eigenvalue weighted by molar-refractivity contribution is 0.548. The second-order valence-electron chi connectivity index (χ2n) is 6.71. The summed E-state index contributed by atoms with van der Waals surface area (Å²) in [5.41, 5.74) is 3.12. The van der Waals surface area contributed by atoms with Gasteiger partial charge in [0.05, 0.1) is 0 Å². The molecule has 4 nitrogen and oxygen atoms in total. The van der Waals surface area contributed by atoms with Crippen LogP contribution >= 0.6 is 0 Å². The van der Waals surface area contributed by atoms with Crippen molar-refractivity contribution >= 4 is 16.9 Å². The molecule has 1 atom stereocenters. The molecule has 0 bridgehead atoms. The molecule has 3 aromatic rings. The van der Waals surface area contributed by atoms with Crippen molar-refractivity contribution in [1.82, 2.24) is 4.98 Å². The molecule has 0 spiro atoms. The first-order valence-corrected chi connectivity index (χ1v) is 8.95. The number of hydrogen-bond acceptors (Lipinski definition) is 4. The number of aromatic nitrogens is 1. The zero-order valence-electron chi connectivity index (χ0n) is 14.7. The molecule has 2 aromatic heterocycles. The van der Waals surface area contributed by atoms with Gasteiger partial charge in [0, 0.05) is 29.6 Å². The second kappa shape index (κ2) is 6.36. The van der Waals surface area contributed by atoms with Gasteiger partial charge in [0.1, 0.15) is 5.82 Å². The molecule has 0 N–H and O–H groups in total. The zero-order valence-corrected chi connectivity index (χ0v) is 14.7. The summed E-state index contributed by atoms with van der Waals surface area (Å²) < 4.78 is 5.44. The van der Waals surface area contributed by atoms with Crippen LogP contribution in [0.25, 0.3) is 22.2 Å². The van der Waals surface area contributed by atoms with E-state index in [0.29, 0.717) is 11.8 Å². The Kier molecular flexibility index (Phi) is 4.04. The van der Waals surface area contributed by atoms with Gasteiger partial charge >= 0.3 is 5.63 Å². The largest absolute Gasteiger partial charge is 0.404 e. The Labute approximate surface area is 147 Å². The maximum atomic E-state index is 12.1. The standard InChI is InChI=1S/C21H22N2O2/c1-3-15-8-6-12-23(15)19-11-10-17-18(13-20(24)25-21(17)22-19)16-9-5-4-7-14(16)2/h4-5,7,9-11,13,15H,3,6,8,12H2,1-2H3. The molecule has 4 heteroatoms. The number of fused-ring (bicyclic) bond motifs is 1. The van der Waals surface area contributed by atoms with Crippen LogP contribution in [-0.4, -0.2) is 17.6 Å². The molecule has 1 aliphatic heterocycles. The van der Waals surface area contributed by atoms with Crippen molar-refractivity contribution in [2.75, 3.05) is 11.4 Å². The summed E-state index contributed by atoms with van der Waals surface area (Å²) in [5, 5.41) is 0.880. The van der Waals surface area contributed by atoms with E-state index in [1.807, 2.05) is 37.3 Å². The highest BCUT2D eigenvalue weighted by molar-refractivity contribution is 5.93. The van der Waals surface area contributed by atoms with Gasteiger partial charge in [0.2, 0.25) is 5.71 Å². The van der Waals surface area contributed by atoms with E-state index in [-0.39, 0.29) is 5.63 Å². The Morgan fingerprint density at radius 3 is 2.84 bits per heavy atom. The molecule has 3 heterocycles. The lowest BCUT2D eigenvalue weighted by atomic mass is 9.99. The van der Waals surface area contributed by atoms with Gasteiger partial charge in [-0.3, -0.25) is 0 Å². The summed E-state index contributed by atoms with van der Waals surface area (Å²) in [4.78, 5) is 19.1. The van der Waals surface area contributed by atoms with Gasteiger partial charge in [0.15, 0.2) is 0 Å². The molecule has 1 fully saturated rings. The summed E-state index contributed by atoms with van der Waals surface area (Å²) in [6, 6.07) is 14.2. The first-order chi connectivity index (χ1) is 12.2. The number of aryl methyl sites for hydroxylation is 1. The summed E-state index contributed by atoms with van der Waals surface area (Å²) in [6.45, 7) is 5.27. The molecule has 1 saturated heterocycles. The molecule has 1 unspecified atom stereocenters. The van der Waals surface area contributed by atoms with Crippen molar-refractivity contribution in [2.45, 2.75) is 39.2 Å². The molecule has 128 valence electrons. The monoisotopic (exact) mass is 334 g/mol. The summed E-state index contributed by atoms with van der Waals surface area (Å²) >= 11 is 0. The van der Waals surface area contributed by atoms with Crippen LogP contribution in [0.3, 0.4) is 0 Å². The van der Waals surface area contributed by atoms with E-state index < -0.39 is 0 Å². The highest BCUT2D eigenvalue weighted by Crippen LogP contribution is 2.32. The topological polar surface area (TPSA) is 46.3 Å². The van der Waals surface area contributed by atoms with E-state index in [2.05, 4.69) is 17.9 Å². The van der Waals surface area contributed by atoms with E-state index in [1.54, 1.807) is 6.07 Å². The number of benzene rings is 1. The highest BCUT2D eigenvalue weighted by atomic mass is 16.4. The van der Waals surface area contributed by atoms with Crippen LogP contribution < -0.4 is 10.5 Å². The van der Waals surface area contributed by atoms with Crippen molar-refractivity contribution in [2.24, 2.45) is 0 Å². The van der Waals surface area contributed by atoms with Crippen LogP contribution in [0.1, 0.15) is 31.7 Å². The fraction of sp³-hybridized carbons (Fsp3) is 0.333. The van der Waals surface area contributed by atoms with Gasteiger partial charge in [-0.25, -0.2) is 4.79 Å². The SMILES string of the molecule is CCC1CCCN1c1ccc2c(-c3ccccc3C)cc(=O)oc2n1. The minimum atomic E-state index is -0.358. The van der Waals surface area contributed by atoms with Crippen molar-refractivity contribution in [3.63, 3.8) is 0 Å². The predicted octanol–water partition coefficient (Wildman–Crippen LogP) is 4.54. The molecule has 25 heavy (non-hydrogen) atoms. The van der Waals surface area contributed by atoms with Gasteiger partial charge in [0.25, 0.3) is 0 Å². The normalized spacial score (nSPS) is 17.4. The van der Waals surface area contributed by atoms with E-state index in [0.717, 1.165) is 40.9 Å². The summed E-state index contributed by atoms with van der Waals surface area (Å²) in [5.74, 6) is 0.905. The second-order valence-corrected chi connectivity index (χ2v) is 6.71. The first kappa shape index (κ1) is 15.9. The quantitative estimate of drug-likeness (QED) is 0.705. The molecule has 0 amide bonds. The highest BCUT2D eigenvalue weighted by Gasteiger charge is 2.24. The van der Waals surface area contributed by atoms with E-state index in [9.17, 15) is 4.79 Å². The minimum Gasteiger partial charge on any atom is -0.404 e. The lowest BCUT2D eigenvalue weighted by Gasteiger charge is -2.24. The molecule has 1 aliphatic rings. The zero-order chi connectivity index (χ0) is 17.4. The third kappa shape index (κ3) is 2.82. The van der Waals surface area contributed by atoms with Crippen molar-refractivity contribution < 1.29 is 4.42 Å². The maximum Gasteiger partial charge on any atom is 0.338 e. The van der Waals surface area contributed by atoms with Crippen LogP contribution in [0.4, 0.5) is 5.82 Å². The molecular weight excluding hydrogens is 312 g/mol. The fourth-order valence-corrected chi connectivity index (χ4v) is 3.85.